The predicted octanol–water partition coefficient (Wildman–Crippen LogP) is 3.61. The molecule has 1 N–H and O–H groups in total. The number of nitrogens with zero attached hydrogens (tertiary/aromatic N) is 2. The first-order valence-electron chi connectivity index (χ1n) is 6.87. The normalized spacial score (nSPS) is 10.5. The molecular weight excluding hydrogens is 362 g/mol. The third kappa shape index (κ3) is 4.01. The van der Waals surface area contributed by atoms with Crippen molar-refractivity contribution in [1.29, 1.82) is 0 Å². The van der Waals surface area contributed by atoms with E-state index in [1.165, 1.54) is 0 Å². The van der Waals surface area contributed by atoms with Gasteiger partial charge in [-0.05, 0) is 36.4 Å². The highest BCUT2D eigenvalue weighted by atomic mass is 79.9. The van der Waals surface area contributed by atoms with Gasteiger partial charge >= 0.3 is 0 Å². The van der Waals surface area contributed by atoms with Gasteiger partial charge in [0, 0.05) is 17.7 Å². The van der Waals surface area contributed by atoms with E-state index >= 15 is 0 Å². The van der Waals surface area contributed by atoms with Crippen LogP contribution in [0.4, 0.5) is 5.69 Å². The van der Waals surface area contributed by atoms with Crippen molar-refractivity contribution in [2.24, 2.45) is 7.05 Å². The van der Waals surface area contributed by atoms with E-state index in [9.17, 15) is 4.79 Å². The van der Waals surface area contributed by atoms with E-state index in [4.69, 9.17) is 9.15 Å². The lowest BCUT2D eigenvalue weighted by Crippen LogP contribution is -2.10. The Balaban J connectivity index is 1.59. The molecule has 0 saturated heterocycles. The molecule has 2 aromatic heterocycles. The molecule has 3 rings (SSSR count). The maximum absolute atomic E-state index is 12.1. The third-order valence-corrected chi connectivity index (χ3v) is 3.57. The van der Waals surface area contributed by atoms with Crippen molar-refractivity contribution in [2.75, 3.05) is 5.32 Å². The van der Waals surface area contributed by atoms with Crippen LogP contribution in [0.5, 0.6) is 5.75 Å². The number of carbonyl (C=O) groups excluding carboxylic acids is 1. The molecule has 1 amide bonds. The van der Waals surface area contributed by atoms with Crippen LogP contribution in [0.3, 0.4) is 0 Å². The predicted molar refractivity (Wildman–Crippen MR) is 88.3 cm³/mol. The maximum Gasteiger partial charge on any atom is 0.291 e. The summed E-state index contributed by atoms with van der Waals surface area (Å²) in [6.45, 7) is 0.252. The van der Waals surface area contributed by atoms with Crippen LogP contribution in [0.25, 0.3) is 0 Å². The molecule has 0 saturated carbocycles. The lowest BCUT2D eigenvalue weighted by molar-refractivity contribution is 0.0992. The quantitative estimate of drug-likeness (QED) is 0.739. The van der Waals surface area contributed by atoms with E-state index < -0.39 is 0 Å². The molecule has 0 aliphatic rings. The monoisotopic (exact) mass is 375 g/mol. The minimum Gasteiger partial charge on any atom is -0.486 e. The Bertz CT molecular complexity index is 808. The third-order valence-electron chi connectivity index (χ3n) is 3.04. The van der Waals surface area contributed by atoms with Crippen molar-refractivity contribution in [2.45, 2.75) is 6.61 Å². The number of hydrogen-bond donors (Lipinski definition) is 1. The Morgan fingerprint density at radius 2 is 2.09 bits per heavy atom. The second kappa shape index (κ2) is 6.70. The maximum atomic E-state index is 12.1. The molecule has 0 aliphatic heterocycles. The molecule has 0 fully saturated rings. The van der Waals surface area contributed by atoms with E-state index in [2.05, 4.69) is 26.3 Å². The second-order valence-corrected chi connectivity index (χ2v) is 5.78. The van der Waals surface area contributed by atoms with Crippen molar-refractivity contribution in [3.8, 4) is 5.75 Å². The van der Waals surface area contributed by atoms with Gasteiger partial charge in [-0.1, -0.05) is 15.9 Å². The molecule has 0 unspecified atom stereocenters. The zero-order valence-corrected chi connectivity index (χ0v) is 13.9. The number of amides is 1. The average Bonchev–Trinajstić information content (AvgIpc) is 3.16. The van der Waals surface area contributed by atoms with Crippen LogP contribution in [0, 0.1) is 0 Å². The SMILES string of the molecule is Cn1cc(NC(=O)c2ccc(COc3ccc(Br)cc3)o2)cn1. The highest BCUT2D eigenvalue weighted by molar-refractivity contribution is 9.10. The van der Waals surface area contributed by atoms with Crippen molar-refractivity contribution in [1.82, 2.24) is 9.78 Å². The summed E-state index contributed by atoms with van der Waals surface area (Å²) in [6.07, 6.45) is 3.27. The van der Waals surface area contributed by atoms with Crippen molar-refractivity contribution in [3.63, 3.8) is 0 Å². The summed E-state index contributed by atoms with van der Waals surface area (Å²) in [5, 5.41) is 6.70. The Morgan fingerprint density at radius 1 is 1.30 bits per heavy atom. The highest BCUT2D eigenvalue weighted by Crippen LogP contribution is 2.18. The first-order valence-corrected chi connectivity index (χ1v) is 7.66. The zero-order chi connectivity index (χ0) is 16.2. The fraction of sp³-hybridized carbons (Fsp3) is 0.125. The number of aryl methyl sites for hydroxylation is 1. The molecule has 118 valence electrons. The van der Waals surface area contributed by atoms with Gasteiger partial charge in [0.15, 0.2) is 5.76 Å². The van der Waals surface area contributed by atoms with Crippen LogP contribution < -0.4 is 10.1 Å². The van der Waals surface area contributed by atoms with Gasteiger partial charge in [0.25, 0.3) is 5.91 Å². The number of carbonyl (C=O) groups is 1. The number of benzene rings is 1. The number of halogens is 1. The Labute approximate surface area is 141 Å². The fourth-order valence-electron chi connectivity index (χ4n) is 1.94. The van der Waals surface area contributed by atoms with Gasteiger partial charge in [-0.25, -0.2) is 0 Å². The summed E-state index contributed by atoms with van der Waals surface area (Å²) in [4.78, 5) is 12.1. The van der Waals surface area contributed by atoms with Crippen LogP contribution in [-0.4, -0.2) is 15.7 Å². The van der Waals surface area contributed by atoms with Gasteiger partial charge < -0.3 is 14.5 Å². The Morgan fingerprint density at radius 3 is 2.78 bits per heavy atom. The summed E-state index contributed by atoms with van der Waals surface area (Å²) in [6, 6.07) is 10.8. The summed E-state index contributed by atoms with van der Waals surface area (Å²) in [7, 11) is 1.78. The first-order chi connectivity index (χ1) is 11.1. The van der Waals surface area contributed by atoms with Crippen molar-refractivity contribution < 1.29 is 13.9 Å². The summed E-state index contributed by atoms with van der Waals surface area (Å²) < 4.78 is 13.7. The van der Waals surface area contributed by atoms with Crippen molar-refractivity contribution >= 4 is 27.5 Å². The number of aromatic nitrogens is 2. The van der Waals surface area contributed by atoms with Crippen LogP contribution in [0.2, 0.25) is 0 Å². The van der Waals surface area contributed by atoms with Crippen LogP contribution in [0.1, 0.15) is 16.3 Å². The fourth-order valence-corrected chi connectivity index (χ4v) is 2.21. The van der Waals surface area contributed by atoms with Crippen molar-refractivity contribution in [3.05, 3.63) is 64.8 Å². The topological polar surface area (TPSA) is 69.3 Å². The molecule has 0 bridgehead atoms. The molecule has 1 aromatic carbocycles. The van der Waals surface area contributed by atoms with Gasteiger partial charge in [0.1, 0.15) is 18.1 Å². The molecule has 0 aliphatic carbocycles. The van der Waals surface area contributed by atoms with Gasteiger partial charge in [0.05, 0.1) is 11.9 Å². The van der Waals surface area contributed by atoms with E-state index in [1.54, 1.807) is 36.3 Å². The van der Waals surface area contributed by atoms with Gasteiger partial charge in [-0.2, -0.15) is 5.10 Å². The first kappa shape index (κ1) is 15.4. The molecule has 0 atom stereocenters. The van der Waals surface area contributed by atoms with Gasteiger partial charge in [-0.15, -0.1) is 0 Å². The minimum absolute atomic E-state index is 0.225. The van der Waals surface area contributed by atoms with Gasteiger partial charge in [0.2, 0.25) is 0 Å². The average molecular weight is 376 g/mol. The molecule has 0 spiro atoms. The molecule has 3 aromatic rings. The van der Waals surface area contributed by atoms with Crippen LogP contribution >= 0.6 is 15.9 Å². The lowest BCUT2D eigenvalue weighted by Gasteiger charge is -2.04. The molecule has 0 radical (unpaired) electrons. The zero-order valence-electron chi connectivity index (χ0n) is 12.3. The summed E-state index contributed by atoms with van der Waals surface area (Å²) in [5.41, 5.74) is 0.613. The Kier molecular flexibility index (Phi) is 4.47. The summed E-state index contributed by atoms with van der Waals surface area (Å²) in [5.74, 6) is 1.20. The smallest absolute Gasteiger partial charge is 0.291 e. The number of nitrogens with one attached hydrogen (secondary N) is 1. The van der Waals surface area contributed by atoms with Crippen LogP contribution in [-0.2, 0) is 13.7 Å². The number of rotatable bonds is 5. The molecule has 23 heavy (non-hydrogen) atoms. The van der Waals surface area contributed by atoms with E-state index in [0.29, 0.717) is 11.4 Å². The largest absolute Gasteiger partial charge is 0.486 e. The van der Waals surface area contributed by atoms with E-state index in [1.807, 2.05) is 24.3 Å². The Hall–Kier alpha value is -2.54. The minimum atomic E-state index is -0.326. The number of hydrogen-bond acceptors (Lipinski definition) is 4. The van der Waals surface area contributed by atoms with E-state index in [-0.39, 0.29) is 18.3 Å². The number of furan rings is 1. The van der Waals surface area contributed by atoms with Crippen LogP contribution in [0.15, 0.2) is 57.7 Å². The molecule has 2 heterocycles. The molecule has 7 heteroatoms. The lowest BCUT2D eigenvalue weighted by atomic mass is 10.3. The van der Waals surface area contributed by atoms with Gasteiger partial charge in [-0.3, -0.25) is 9.48 Å². The molecule has 6 nitrogen and oxygen atoms in total. The van der Waals surface area contributed by atoms with E-state index in [0.717, 1.165) is 10.2 Å². The standard InChI is InChI=1S/C16H14BrN3O3/c1-20-9-12(8-18-20)19-16(21)15-7-6-14(23-15)10-22-13-4-2-11(17)3-5-13/h2-9H,10H2,1H3,(H,19,21). The highest BCUT2D eigenvalue weighted by Gasteiger charge is 2.12. The molecular formula is C16H14BrN3O3. The summed E-state index contributed by atoms with van der Waals surface area (Å²) >= 11 is 3.36. The second-order valence-electron chi connectivity index (χ2n) is 4.87. The number of ether oxygens (including phenoxy) is 1. The number of anilines is 1.